The van der Waals surface area contributed by atoms with Crippen molar-refractivity contribution in [2.24, 2.45) is 5.92 Å². The van der Waals surface area contributed by atoms with Gasteiger partial charge < -0.3 is 9.73 Å². The van der Waals surface area contributed by atoms with Crippen LogP contribution in [0, 0.1) is 12.8 Å². The van der Waals surface area contributed by atoms with E-state index < -0.39 is 0 Å². The van der Waals surface area contributed by atoms with Crippen molar-refractivity contribution in [2.45, 2.75) is 52.1 Å². The van der Waals surface area contributed by atoms with Gasteiger partial charge in [0.15, 0.2) is 0 Å². The molecular formula is C13H21NO. The molecule has 0 aromatic carbocycles. The maximum atomic E-state index is 5.55. The highest BCUT2D eigenvalue weighted by Crippen LogP contribution is 2.24. The Morgan fingerprint density at radius 2 is 2.13 bits per heavy atom. The van der Waals surface area contributed by atoms with Crippen molar-refractivity contribution in [3.8, 4) is 0 Å². The van der Waals surface area contributed by atoms with Crippen molar-refractivity contribution in [1.82, 2.24) is 5.32 Å². The minimum absolute atomic E-state index is 0.684. The fraction of sp³-hybridized carbons (Fsp3) is 0.692. The summed E-state index contributed by atoms with van der Waals surface area (Å²) in [5.41, 5.74) is 0. The molecule has 1 saturated carbocycles. The van der Waals surface area contributed by atoms with Crippen molar-refractivity contribution in [1.29, 1.82) is 0 Å². The molecule has 0 saturated heterocycles. The first-order valence-electron chi connectivity index (χ1n) is 6.04. The third kappa shape index (κ3) is 2.85. The molecule has 1 aliphatic rings. The van der Waals surface area contributed by atoms with Crippen molar-refractivity contribution < 1.29 is 4.42 Å². The second-order valence-electron chi connectivity index (χ2n) is 4.76. The zero-order valence-corrected chi connectivity index (χ0v) is 9.75. The number of hydrogen-bond donors (Lipinski definition) is 1. The quantitative estimate of drug-likeness (QED) is 0.823. The third-order valence-electron chi connectivity index (χ3n) is 3.45. The SMILES string of the molecule is Cc1ccc(CN[C@@H]2CCCC[C@@H]2C)o1. The first-order valence-corrected chi connectivity index (χ1v) is 6.04. The summed E-state index contributed by atoms with van der Waals surface area (Å²) in [7, 11) is 0. The summed E-state index contributed by atoms with van der Waals surface area (Å²) in [5.74, 6) is 2.88. The molecule has 0 amide bonds. The molecule has 0 bridgehead atoms. The number of aryl methyl sites for hydroxylation is 1. The molecule has 1 fully saturated rings. The van der Waals surface area contributed by atoms with E-state index in [1.807, 2.05) is 13.0 Å². The third-order valence-corrected chi connectivity index (χ3v) is 3.45. The molecule has 2 nitrogen and oxygen atoms in total. The Bertz CT molecular complexity index is 305. The minimum Gasteiger partial charge on any atom is -0.465 e. The summed E-state index contributed by atoms with van der Waals surface area (Å²) >= 11 is 0. The standard InChI is InChI=1S/C13H21NO/c1-10-5-3-4-6-13(10)14-9-12-8-7-11(2)15-12/h7-8,10,13-14H,3-6,9H2,1-2H3/t10-,13+/m0/s1. The van der Waals surface area contributed by atoms with Crippen LogP contribution in [0.2, 0.25) is 0 Å². The summed E-state index contributed by atoms with van der Waals surface area (Å²) in [6.07, 6.45) is 5.47. The van der Waals surface area contributed by atoms with E-state index in [1.165, 1.54) is 25.7 Å². The predicted molar refractivity (Wildman–Crippen MR) is 61.7 cm³/mol. The Kier molecular flexibility index (Phi) is 3.47. The predicted octanol–water partition coefficient (Wildman–Crippen LogP) is 3.26. The lowest BCUT2D eigenvalue weighted by Crippen LogP contribution is -2.36. The Morgan fingerprint density at radius 3 is 2.80 bits per heavy atom. The van der Waals surface area contributed by atoms with E-state index in [2.05, 4.69) is 18.3 Å². The summed E-state index contributed by atoms with van der Waals surface area (Å²) < 4.78 is 5.55. The van der Waals surface area contributed by atoms with Crippen LogP contribution in [0.1, 0.15) is 44.1 Å². The van der Waals surface area contributed by atoms with Crippen LogP contribution in [0.15, 0.2) is 16.5 Å². The van der Waals surface area contributed by atoms with E-state index in [-0.39, 0.29) is 0 Å². The number of nitrogens with one attached hydrogen (secondary N) is 1. The van der Waals surface area contributed by atoms with E-state index in [1.54, 1.807) is 0 Å². The number of furan rings is 1. The molecule has 2 heteroatoms. The average Bonchev–Trinajstić information content (AvgIpc) is 2.63. The first kappa shape index (κ1) is 10.7. The fourth-order valence-electron chi connectivity index (χ4n) is 2.43. The molecule has 0 unspecified atom stereocenters. The molecule has 15 heavy (non-hydrogen) atoms. The van der Waals surface area contributed by atoms with Gasteiger partial charge in [0, 0.05) is 6.04 Å². The highest BCUT2D eigenvalue weighted by atomic mass is 16.3. The van der Waals surface area contributed by atoms with Gasteiger partial charge in [0.05, 0.1) is 6.54 Å². The van der Waals surface area contributed by atoms with Crippen molar-refractivity contribution in [3.63, 3.8) is 0 Å². The lowest BCUT2D eigenvalue weighted by molar-refractivity contribution is 0.272. The fourth-order valence-corrected chi connectivity index (χ4v) is 2.43. The number of hydrogen-bond acceptors (Lipinski definition) is 2. The summed E-state index contributed by atoms with van der Waals surface area (Å²) in [5, 5.41) is 3.61. The van der Waals surface area contributed by atoms with Gasteiger partial charge in [0.1, 0.15) is 11.5 Å². The van der Waals surface area contributed by atoms with Crippen LogP contribution in [0.5, 0.6) is 0 Å². The lowest BCUT2D eigenvalue weighted by Gasteiger charge is -2.29. The molecule has 2 atom stereocenters. The smallest absolute Gasteiger partial charge is 0.117 e. The molecule has 1 N–H and O–H groups in total. The maximum absolute atomic E-state index is 5.55. The van der Waals surface area contributed by atoms with Gasteiger partial charge in [0.2, 0.25) is 0 Å². The Morgan fingerprint density at radius 1 is 1.33 bits per heavy atom. The van der Waals surface area contributed by atoms with E-state index in [4.69, 9.17) is 4.42 Å². The zero-order valence-electron chi connectivity index (χ0n) is 9.75. The van der Waals surface area contributed by atoms with Crippen LogP contribution in [-0.2, 0) is 6.54 Å². The van der Waals surface area contributed by atoms with Gasteiger partial charge in [-0.1, -0.05) is 19.8 Å². The second-order valence-corrected chi connectivity index (χ2v) is 4.76. The Hall–Kier alpha value is -0.760. The van der Waals surface area contributed by atoms with Crippen molar-refractivity contribution in [3.05, 3.63) is 23.7 Å². The maximum Gasteiger partial charge on any atom is 0.117 e. The monoisotopic (exact) mass is 207 g/mol. The highest BCUT2D eigenvalue weighted by molar-refractivity contribution is 5.05. The van der Waals surface area contributed by atoms with Crippen LogP contribution < -0.4 is 5.32 Å². The van der Waals surface area contributed by atoms with Gasteiger partial charge in [-0.15, -0.1) is 0 Å². The minimum atomic E-state index is 0.684. The molecule has 0 spiro atoms. The van der Waals surface area contributed by atoms with E-state index in [0.717, 1.165) is 24.0 Å². The van der Waals surface area contributed by atoms with Gasteiger partial charge in [0.25, 0.3) is 0 Å². The molecular weight excluding hydrogens is 186 g/mol. The molecule has 1 aliphatic carbocycles. The van der Waals surface area contributed by atoms with Crippen molar-refractivity contribution in [2.75, 3.05) is 0 Å². The van der Waals surface area contributed by atoms with Crippen LogP contribution >= 0.6 is 0 Å². The Balaban J connectivity index is 1.81. The molecule has 84 valence electrons. The molecule has 1 aromatic heterocycles. The van der Waals surface area contributed by atoms with Gasteiger partial charge in [-0.25, -0.2) is 0 Å². The average molecular weight is 207 g/mol. The molecule has 0 radical (unpaired) electrons. The normalized spacial score (nSPS) is 26.8. The summed E-state index contributed by atoms with van der Waals surface area (Å²) in [6.45, 7) is 5.22. The van der Waals surface area contributed by atoms with Crippen LogP contribution in [0.3, 0.4) is 0 Å². The topological polar surface area (TPSA) is 25.2 Å². The van der Waals surface area contributed by atoms with Gasteiger partial charge in [-0.3, -0.25) is 0 Å². The van der Waals surface area contributed by atoms with E-state index >= 15 is 0 Å². The largest absolute Gasteiger partial charge is 0.465 e. The number of rotatable bonds is 3. The highest BCUT2D eigenvalue weighted by Gasteiger charge is 2.20. The summed E-state index contributed by atoms with van der Waals surface area (Å²) in [4.78, 5) is 0. The van der Waals surface area contributed by atoms with Crippen LogP contribution in [0.25, 0.3) is 0 Å². The Labute approximate surface area is 92.1 Å². The molecule has 0 aliphatic heterocycles. The van der Waals surface area contributed by atoms with Gasteiger partial charge >= 0.3 is 0 Å². The van der Waals surface area contributed by atoms with E-state index in [0.29, 0.717) is 6.04 Å². The van der Waals surface area contributed by atoms with Crippen molar-refractivity contribution >= 4 is 0 Å². The van der Waals surface area contributed by atoms with Crippen LogP contribution in [-0.4, -0.2) is 6.04 Å². The summed E-state index contributed by atoms with van der Waals surface area (Å²) in [6, 6.07) is 4.78. The first-order chi connectivity index (χ1) is 7.25. The molecule has 1 aromatic rings. The zero-order chi connectivity index (χ0) is 10.7. The van der Waals surface area contributed by atoms with Gasteiger partial charge in [-0.2, -0.15) is 0 Å². The molecule has 1 heterocycles. The second kappa shape index (κ2) is 4.84. The molecule has 2 rings (SSSR count). The van der Waals surface area contributed by atoms with Crippen LogP contribution in [0.4, 0.5) is 0 Å². The lowest BCUT2D eigenvalue weighted by atomic mass is 9.86. The van der Waals surface area contributed by atoms with Gasteiger partial charge in [-0.05, 0) is 37.8 Å². The van der Waals surface area contributed by atoms with E-state index in [9.17, 15) is 0 Å².